The number of hydrogen-bond acceptors (Lipinski definition) is 5. The number of nitrogens with zero attached hydrogens (tertiary/aromatic N) is 5. The van der Waals surface area contributed by atoms with Gasteiger partial charge in [0.2, 0.25) is 0 Å². The minimum atomic E-state index is 0.796. The fraction of sp³-hybridized carbons (Fsp3) is 0. The second kappa shape index (κ2) is 15.0. The molecule has 5 aromatic heterocycles. The molecule has 0 N–H and O–H groups in total. The highest BCUT2D eigenvalue weighted by molar-refractivity contribution is 6.28. The van der Waals surface area contributed by atoms with Gasteiger partial charge in [0.25, 0.3) is 0 Å². The van der Waals surface area contributed by atoms with Crippen LogP contribution in [0, 0.1) is 0 Å². The van der Waals surface area contributed by atoms with E-state index in [-0.39, 0.29) is 0 Å². The van der Waals surface area contributed by atoms with Gasteiger partial charge in [0.15, 0.2) is 0 Å². The summed E-state index contributed by atoms with van der Waals surface area (Å²) < 4.78 is 0. The zero-order valence-corrected chi connectivity index (χ0v) is 37.6. The van der Waals surface area contributed by atoms with Crippen molar-refractivity contribution in [1.29, 1.82) is 0 Å². The molecule has 0 bridgehead atoms. The smallest absolute Gasteiger partial charge is 0.0979 e. The molecule has 0 saturated carbocycles. The molecule has 15 rings (SSSR count). The number of rotatable bonds is 4. The van der Waals surface area contributed by atoms with Crippen molar-refractivity contribution >= 4 is 108 Å². The van der Waals surface area contributed by atoms with E-state index in [1.807, 2.05) is 37.2 Å². The molecule has 10 aromatic carbocycles. The fourth-order valence-electron chi connectivity index (χ4n) is 11.4. The Morgan fingerprint density at radius 1 is 0.271 bits per heavy atom. The van der Waals surface area contributed by atoms with Gasteiger partial charge in [0.05, 0.1) is 17.1 Å². The van der Waals surface area contributed by atoms with Crippen LogP contribution in [0.25, 0.3) is 153 Å². The molecular weight excluding hydrogens is 851 g/mol. The van der Waals surface area contributed by atoms with E-state index in [4.69, 9.17) is 19.9 Å². The summed E-state index contributed by atoms with van der Waals surface area (Å²) in [5.74, 6) is 0. The Balaban J connectivity index is 1.18. The molecule has 5 nitrogen and oxygen atoms in total. The normalized spacial score (nSPS) is 12.0. The summed E-state index contributed by atoms with van der Waals surface area (Å²) in [6.07, 6.45) is 13.8. The lowest BCUT2D eigenvalue weighted by atomic mass is 9.83. The predicted octanol–water partition coefficient (Wildman–Crippen LogP) is 16.9. The molecule has 0 aliphatic rings. The molecule has 15 aromatic rings. The monoisotopic (exact) mass is 887 g/mol. The Hall–Kier alpha value is -9.45. The number of fused-ring (bicyclic) bond motifs is 14. The first kappa shape index (κ1) is 38.6. The van der Waals surface area contributed by atoms with Crippen molar-refractivity contribution in [2.45, 2.75) is 0 Å². The molecule has 0 atom stereocenters. The number of aromatic nitrogens is 5. The fourth-order valence-corrected chi connectivity index (χ4v) is 11.4. The minimum absolute atomic E-state index is 0.796. The lowest BCUT2D eigenvalue weighted by Crippen LogP contribution is -2.01. The van der Waals surface area contributed by atoms with Gasteiger partial charge in [-0.3, -0.25) is 19.9 Å². The molecule has 0 fully saturated rings. The highest BCUT2D eigenvalue weighted by atomic mass is 14.8. The maximum absolute atomic E-state index is 6.11. The van der Waals surface area contributed by atoms with Gasteiger partial charge in [0, 0.05) is 97.8 Å². The maximum Gasteiger partial charge on any atom is 0.0979 e. The third-order valence-electron chi connectivity index (χ3n) is 14.6. The first-order chi connectivity index (χ1) is 34.7. The van der Waals surface area contributed by atoms with Crippen LogP contribution in [0.1, 0.15) is 0 Å². The Morgan fingerprint density at radius 2 is 0.929 bits per heavy atom. The maximum atomic E-state index is 6.11. The number of benzene rings is 10. The van der Waals surface area contributed by atoms with Gasteiger partial charge in [-0.05, 0) is 124 Å². The van der Waals surface area contributed by atoms with Crippen LogP contribution in [0.2, 0.25) is 0 Å². The van der Waals surface area contributed by atoms with Gasteiger partial charge in [-0.25, -0.2) is 4.98 Å². The van der Waals surface area contributed by atoms with Crippen LogP contribution in [0.4, 0.5) is 0 Å². The molecule has 0 radical (unpaired) electrons. The van der Waals surface area contributed by atoms with E-state index in [2.05, 4.69) is 193 Å². The topological polar surface area (TPSA) is 64.5 Å². The molecule has 0 aliphatic heterocycles. The van der Waals surface area contributed by atoms with Crippen molar-refractivity contribution < 1.29 is 0 Å². The minimum Gasteiger partial charge on any atom is -0.264 e. The van der Waals surface area contributed by atoms with E-state index < -0.39 is 0 Å². The van der Waals surface area contributed by atoms with E-state index in [0.29, 0.717) is 0 Å². The van der Waals surface area contributed by atoms with Gasteiger partial charge in [-0.1, -0.05) is 140 Å². The highest BCUT2D eigenvalue weighted by Gasteiger charge is 2.27. The third-order valence-corrected chi connectivity index (χ3v) is 14.6. The summed E-state index contributed by atoms with van der Waals surface area (Å²) in [6, 6.07) is 66.1. The SMILES string of the molecule is c1ccc2c(c1)ccc1cnc(-c3nc(-c4cccc5ccc6ccncc6c45)c(-c4cncc5c4ccc4ccccc45)c4c3c(-c3ccc5cc6ccncc6cc5c3)cc3ccccc34)cc12. The lowest BCUT2D eigenvalue weighted by Gasteiger charge is -2.23. The molecule has 0 amide bonds. The van der Waals surface area contributed by atoms with Crippen LogP contribution in [0.3, 0.4) is 0 Å². The van der Waals surface area contributed by atoms with Gasteiger partial charge in [0.1, 0.15) is 0 Å². The first-order valence-electron chi connectivity index (χ1n) is 23.7. The Morgan fingerprint density at radius 3 is 1.80 bits per heavy atom. The summed E-state index contributed by atoms with van der Waals surface area (Å²) in [7, 11) is 0. The summed E-state index contributed by atoms with van der Waals surface area (Å²) in [4.78, 5) is 25.8. The van der Waals surface area contributed by atoms with Crippen molar-refractivity contribution in [3.8, 4) is 44.9 Å². The number of hydrogen-bond donors (Lipinski definition) is 0. The standard InChI is InChI=1S/C65H37N5/c1-4-12-49-38(8-1)17-21-46-34-69-59(32-54(46)49)65-62-55(45-20-19-42-28-43-25-27-66-33-48(43)30-47(42)29-45)31-44-10-3-6-14-51(44)61(62)63(58-37-68-36-57-50-13-5-2-9-39(50)22-23-52(57)58)64(70-65)53-15-7-11-41-18-16-40-24-26-67-35-56(40)60(41)53/h1-37H. The molecule has 322 valence electrons. The predicted molar refractivity (Wildman–Crippen MR) is 292 cm³/mol. The average Bonchev–Trinajstić information content (AvgIpc) is 3.43. The van der Waals surface area contributed by atoms with Crippen LogP contribution in [0.5, 0.6) is 0 Å². The van der Waals surface area contributed by atoms with Gasteiger partial charge in [-0.15, -0.1) is 0 Å². The van der Waals surface area contributed by atoms with Crippen molar-refractivity contribution in [3.05, 3.63) is 225 Å². The van der Waals surface area contributed by atoms with Gasteiger partial charge in [-0.2, -0.15) is 0 Å². The second-order valence-electron chi connectivity index (χ2n) is 18.4. The summed E-state index contributed by atoms with van der Waals surface area (Å²) in [5, 5.41) is 22.4. The van der Waals surface area contributed by atoms with Crippen LogP contribution in [-0.2, 0) is 0 Å². The average molecular weight is 888 g/mol. The van der Waals surface area contributed by atoms with E-state index in [9.17, 15) is 0 Å². The molecular formula is C65H37N5. The van der Waals surface area contributed by atoms with Crippen LogP contribution < -0.4 is 0 Å². The van der Waals surface area contributed by atoms with Crippen molar-refractivity contribution in [2.24, 2.45) is 0 Å². The molecule has 0 aliphatic carbocycles. The van der Waals surface area contributed by atoms with Crippen LogP contribution in [-0.4, -0.2) is 24.9 Å². The summed E-state index contributed by atoms with van der Waals surface area (Å²) >= 11 is 0. The van der Waals surface area contributed by atoms with E-state index in [1.165, 1.54) is 26.9 Å². The summed E-state index contributed by atoms with van der Waals surface area (Å²) in [6.45, 7) is 0. The van der Waals surface area contributed by atoms with Gasteiger partial charge < -0.3 is 0 Å². The zero-order chi connectivity index (χ0) is 45.9. The highest BCUT2D eigenvalue weighted by Crippen LogP contribution is 2.51. The quantitative estimate of drug-likeness (QED) is 0.130. The molecule has 5 heteroatoms. The van der Waals surface area contributed by atoms with Gasteiger partial charge >= 0.3 is 0 Å². The Labute approximate surface area is 401 Å². The first-order valence-corrected chi connectivity index (χ1v) is 23.7. The van der Waals surface area contributed by atoms with Crippen LogP contribution in [0.15, 0.2) is 225 Å². The van der Waals surface area contributed by atoms with Crippen molar-refractivity contribution in [2.75, 3.05) is 0 Å². The summed E-state index contributed by atoms with van der Waals surface area (Å²) in [5.41, 5.74) is 7.65. The largest absolute Gasteiger partial charge is 0.264 e. The number of pyridine rings is 5. The van der Waals surface area contributed by atoms with Crippen molar-refractivity contribution in [3.63, 3.8) is 0 Å². The van der Waals surface area contributed by atoms with E-state index >= 15 is 0 Å². The third kappa shape index (κ3) is 5.82. The van der Waals surface area contributed by atoms with Crippen molar-refractivity contribution in [1.82, 2.24) is 24.9 Å². The molecule has 5 heterocycles. The van der Waals surface area contributed by atoms with E-state index in [1.54, 1.807) is 0 Å². The lowest BCUT2D eigenvalue weighted by molar-refractivity contribution is 1.28. The zero-order valence-electron chi connectivity index (χ0n) is 37.6. The Kier molecular flexibility index (Phi) is 8.29. The Bertz CT molecular complexity index is 4730. The molecule has 0 saturated heterocycles. The van der Waals surface area contributed by atoms with E-state index in [0.717, 1.165) is 126 Å². The molecule has 0 spiro atoms. The second-order valence-corrected chi connectivity index (χ2v) is 18.4. The van der Waals surface area contributed by atoms with Crippen LogP contribution >= 0.6 is 0 Å². The molecule has 0 unspecified atom stereocenters. The molecule has 70 heavy (non-hydrogen) atoms.